The van der Waals surface area contributed by atoms with Gasteiger partial charge in [-0.3, -0.25) is 4.79 Å². The molecule has 1 aliphatic rings. The van der Waals surface area contributed by atoms with E-state index >= 15 is 0 Å². The van der Waals surface area contributed by atoms with Gasteiger partial charge in [0.2, 0.25) is 5.91 Å². The number of allylic oxidation sites excluding steroid dienone is 1. The van der Waals surface area contributed by atoms with E-state index in [0.717, 1.165) is 4.88 Å². The Kier molecular flexibility index (Phi) is 4.11. The highest BCUT2D eigenvalue weighted by Gasteiger charge is 2.28. The predicted octanol–water partition coefficient (Wildman–Crippen LogP) is 2.25. The van der Waals surface area contributed by atoms with E-state index in [2.05, 4.69) is 22.1 Å². The lowest BCUT2D eigenvalue weighted by molar-refractivity contribution is -0.118. The summed E-state index contributed by atoms with van der Waals surface area (Å²) in [5.74, 6) is -0.0278. The van der Waals surface area contributed by atoms with Crippen LogP contribution in [0.3, 0.4) is 0 Å². The number of hydrogen-bond acceptors (Lipinski definition) is 5. The number of amides is 1. The van der Waals surface area contributed by atoms with Gasteiger partial charge in [0, 0.05) is 4.88 Å². The Morgan fingerprint density at radius 2 is 2.47 bits per heavy atom. The van der Waals surface area contributed by atoms with E-state index in [0.29, 0.717) is 11.6 Å². The average molecular weight is 265 g/mol. The molecular formula is C11H11N3OS2. The number of nitrogens with one attached hydrogen (secondary N) is 1. The van der Waals surface area contributed by atoms with Gasteiger partial charge in [0.25, 0.3) is 0 Å². The SMILES string of the molecule is C=CC[C@H]1S/C(=N\N=Cc2cccs2)NC1=O. The third-order valence-electron chi connectivity index (χ3n) is 2.03. The van der Waals surface area contributed by atoms with Crippen LogP contribution >= 0.6 is 23.1 Å². The van der Waals surface area contributed by atoms with Crippen LogP contribution < -0.4 is 5.32 Å². The number of rotatable bonds is 4. The van der Waals surface area contributed by atoms with Crippen molar-refractivity contribution in [2.24, 2.45) is 10.2 Å². The van der Waals surface area contributed by atoms with E-state index in [4.69, 9.17) is 0 Å². The molecule has 0 spiro atoms. The van der Waals surface area contributed by atoms with Gasteiger partial charge >= 0.3 is 0 Å². The molecule has 2 rings (SSSR count). The molecule has 1 atom stereocenters. The van der Waals surface area contributed by atoms with E-state index in [1.165, 1.54) is 11.8 Å². The first-order valence-electron chi connectivity index (χ1n) is 5.02. The molecule has 0 radical (unpaired) electrons. The first kappa shape index (κ1) is 12.1. The second kappa shape index (κ2) is 5.79. The molecule has 2 heterocycles. The fourth-order valence-corrected chi connectivity index (χ4v) is 2.76. The van der Waals surface area contributed by atoms with Crippen molar-refractivity contribution in [1.29, 1.82) is 0 Å². The van der Waals surface area contributed by atoms with Crippen LogP contribution in [0.5, 0.6) is 0 Å². The number of carbonyl (C=O) groups excluding carboxylic acids is 1. The Morgan fingerprint density at radius 1 is 1.59 bits per heavy atom. The van der Waals surface area contributed by atoms with Gasteiger partial charge in [0.15, 0.2) is 5.17 Å². The molecule has 88 valence electrons. The number of thioether (sulfide) groups is 1. The van der Waals surface area contributed by atoms with Crippen LogP contribution in [-0.4, -0.2) is 22.5 Å². The Bertz CT molecular complexity index is 465. The molecule has 0 saturated carbocycles. The maximum Gasteiger partial charge on any atom is 0.239 e. The fourth-order valence-electron chi connectivity index (χ4n) is 1.26. The zero-order valence-corrected chi connectivity index (χ0v) is 10.6. The van der Waals surface area contributed by atoms with Crippen molar-refractivity contribution in [3.63, 3.8) is 0 Å². The summed E-state index contributed by atoms with van der Waals surface area (Å²) in [6.07, 6.45) is 4.05. The first-order chi connectivity index (χ1) is 8.29. The van der Waals surface area contributed by atoms with Crippen molar-refractivity contribution in [2.75, 3.05) is 0 Å². The summed E-state index contributed by atoms with van der Waals surface area (Å²) in [7, 11) is 0. The molecule has 1 saturated heterocycles. The number of thiophene rings is 1. The van der Waals surface area contributed by atoms with Crippen LogP contribution in [0, 0.1) is 0 Å². The van der Waals surface area contributed by atoms with E-state index in [1.807, 2.05) is 17.5 Å². The van der Waals surface area contributed by atoms with Crippen molar-refractivity contribution >= 4 is 40.4 Å². The molecule has 1 N–H and O–H groups in total. The molecule has 0 aromatic carbocycles. The van der Waals surface area contributed by atoms with E-state index in [1.54, 1.807) is 23.6 Å². The van der Waals surface area contributed by atoms with E-state index < -0.39 is 0 Å². The quantitative estimate of drug-likeness (QED) is 0.516. The molecule has 6 heteroatoms. The third kappa shape index (κ3) is 3.28. The van der Waals surface area contributed by atoms with Gasteiger partial charge in [0.1, 0.15) is 0 Å². The first-order valence-corrected chi connectivity index (χ1v) is 6.78. The predicted molar refractivity (Wildman–Crippen MR) is 73.7 cm³/mol. The van der Waals surface area contributed by atoms with E-state index in [-0.39, 0.29) is 11.2 Å². The third-order valence-corrected chi connectivity index (χ3v) is 3.94. The molecule has 1 aromatic rings. The molecule has 17 heavy (non-hydrogen) atoms. The van der Waals surface area contributed by atoms with Gasteiger partial charge in [-0.25, -0.2) is 0 Å². The molecule has 1 aromatic heterocycles. The Labute approximate surface area is 108 Å². The molecule has 4 nitrogen and oxygen atoms in total. The Balaban J connectivity index is 1.95. The standard InChI is InChI=1S/C11H11N3OS2/c1-2-4-9-10(15)13-11(17-9)14-12-7-8-5-3-6-16-8/h2-3,5-7,9H,1,4H2,(H,13,14,15)/t9-/m1/s1. The van der Waals surface area contributed by atoms with E-state index in [9.17, 15) is 4.79 Å². The topological polar surface area (TPSA) is 53.8 Å². The number of hydrogen-bond donors (Lipinski definition) is 1. The minimum Gasteiger partial charge on any atom is -0.303 e. The second-order valence-electron chi connectivity index (χ2n) is 3.29. The Hall–Kier alpha value is -1.40. The molecule has 0 unspecified atom stereocenters. The maximum atomic E-state index is 11.5. The molecule has 0 aliphatic carbocycles. The summed E-state index contributed by atoms with van der Waals surface area (Å²) in [5, 5.41) is 13.0. The lowest BCUT2D eigenvalue weighted by atomic mass is 10.3. The summed E-state index contributed by atoms with van der Waals surface area (Å²) in [5.41, 5.74) is 0. The van der Waals surface area contributed by atoms with Crippen LogP contribution in [0.1, 0.15) is 11.3 Å². The smallest absolute Gasteiger partial charge is 0.239 e. The van der Waals surface area contributed by atoms with Gasteiger partial charge in [0.05, 0.1) is 11.5 Å². The minimum atomic E-state index is -0.122. The largest absolute Gasteiger partial charge is 0.303 e. The lowest BCUT2D eigenvalue weighted by Crippen LogP contribution is -2.24. The molecular weight excluding hydrogens is 254 g/mol. The molecule has 0 bridgehead atoms. The highest BCUT2D eigenvalue weighted by molar-refractivity contribution is 8.15. The van der Waals surface area contributed by atoms with Crippen LogP contribution in [0.25, 0.3) is 0 Å². The monoisotopic (exact) mass is 265 g/mol. The summed E-state index contributed by atoms with van der Waals surface area (Å²) in [6, 6.07) is 3.90. The van der Waals surface area contributed by atoms with Gasteiger partial charge in [-0.2, -0.15) is 5.10 Å². The van der Waals surface area contributed by atoms with Crippen LogP contribution in [-0.2, 0) is 4.79 Å². The lowest BCUT2D eigenvalue weighted by Gasteiger charge is -1.96. The number of nitrogens with zero attached hydrogens (tertiary/aromatic N) is 2. The van der Waals surface area contributed by atoms with Crippen LogP contribution in [0.2, 0.25) is 0 Å². The number of amidine groups is 1. The Morgan fingerprint density at radius 3 is 3.18 bits per heavy atom. The van der Waals surface area contributed by atoms with Crippen molar-refractivity contribution in [3.05, 3.63) is 35.0 Å². The average Bonchev–Trinajstić information content (AvgIpc) is 2.91. The summed E-state index contributed by atoms with van der Waals surface area (Å²) >= 11 is 2.98. The zero-order chi connectivity index (χ0) is 12.1. The van der Waals surface area contributed by atoms with Gasteiger partial charge in [-0.05, 0) is 17.9 Å². The molecule has 1 aliphatic heterocycles. The zero-order valence-electron chi connectivity index (χ0n) is 9.00. The highest BCUT2D eigenvalue weighted by Crippen LogP contribution is 2.22. The summed E-state index contributed by atoms with van der Waals surface area (Å²) in [4.78, 5) is 12.5. The van der Waals surface area contributed by atoms with Crippen molar-refractivity contribution in [1.82, 2.24) is 5.32 Å². The maximum absolute atomic E-state index is 11.5. The summed E-state index contributed by atoms with van der Waals surface area (Å²) < 4.78 is 0. The van der Waals surface area contributed by atoms with Crippen molar-refractivity contribution in [2.45, 2.75) is 11.7 Å². The molecule has 1 fully saturated rings. The van der Waals surface area contributed by atoms with Crippen molar-refractivity contribution in [3.8, 4) is 0 Å². The van der Waals surface area contributed by atoms with Gasteiger partial charge in [-0.15, -0.1) is 23.0 Å². The van der Waals surface area contributed by atoms with Gasteiger partial charge in [-0.1, -0.05) is 23.9 Å². The summed E-state index contributed by atoms with van der Waals surface area (Å²) in [6.45, 7) is 3.62. The second-order valence-corrected chi connectivity index (χ2v) is 5.46. The molecule has 1 amide bonds. The number of carbonyl (C=O) groups is 1. The normalized spacial score (nSPS) is 22.2. The van der Waals surface area contributed by atoms with Crippen LogP contribution in [0.15, 0.2) is 40.4 Å². The van der Waals surface area contributed by atoms with Gasteiger partial charge < -0.3 is 5.32 Å². The highest BCUT2D eigenvalue weighted by atomic mass is 32.2. The fraction of sp³-hybridized carbons (Fsp3) is 0.182. The van der Waals surface area contributed by atoms with Crippen molar-refractivity contribution < 1.29 is 4.79 Å². The minimum absolute atomic E-state index is 0.0278. The van der Waals surface area contributed by atoms with Crippen LogP contribution in [0.4, 0.5) is 0 Å².